The van der Waals surface area contributed by atoms with Crippen LogP contribution in [0.3, 0.4) is 0 Å². The molecule has 0 unspecified atom stereocenters. The average Bonchev–Trinajstić information content (AvgIpc) is 3.90. The first kappa shape index (κ1) is 48.4. The van der Waals surface area contributed by atoms with Gasteiger partial charge in [-0.25, -0.2) is 9.78 Å². The number of amides is 6. The van der Waals surface area contributed by atoms with E-state index < -0.39 is 77.7 Å². The first-order chi connectivity index (χ1) is 30.0. The van der Waals surface area contributed by atoms with Gasteiger partial charge < -0.3 is 58.0 Å². The van der Waals surface area contributed by atoms with E-state index in [9.17, 15) is 38.7 Å². The highest BCUT2D eigenvalue weighted by atomic mass is 16.4. The van der Waals surface area contributed by atoms with E-state index in [0.29, 0.717) is 11.3 Å². The number of hydrogen-bond acceptors (Lipinski definition) is 9. The van der Waals surface area contributed by atoms with Gasteiger partial charge in [-0.05, 0) is 49.3 Å². The maximum atomic E-state index is 13.9. The Bertz CT molecular complexity index is 2190. The molecule has 4 aromatic rings. The van der Waals surface area contributed by atoms with E-state index in [-0.39, 0.29) is 56.9 Å². The molecular formula is C43H58N12O8. The number of benzene rings is 2. The highest BCUT2D eigenvalue weighted by molar-refractivity contribution is 5.97. The molecule has 0 bridgehead atoms. The minimum absolute atomic E-state index is 0.0166. The van der Waals surface area contributed by atoms with Crippen molar-refractivity contribution in [3.8, 4) is 0 Å². The Balaban J connectivity index is 1.47. The summed E-state index contributed by atoms with van der Waals surface area (Å²) in [6, 6.07) is 8.90. The molecule has 20 heteroatoms. The fraction of sp³-hybridized carbons (Fsp3) is 0.419. The number of para-hydroxylation sites is 1. The first-order valence-electron chi connectivity index (χ1n) is 20.7. The van der Waals surface area contributed by atoms with Crippen LogP contribution in [0.25, 0.3) is 10.9 Å². The number of H-pyrrole nitrogens is 2. The number of aromatic amines is 2. The number of hydrogen-bond donors (Lipinski definition) is 12. The third kappa shape index (κ3) is 15.6. The lowest BCUT2D eigenvalue weighted by Gasteiger charge is -2.27. The predicted octanol–water partition coefficient (Wildman–Crippen LogP) is 0.261. The molecule has 6 atom stereocenters. The molecule has 0 fully saturated rings. The van der Waals surface area contributed by atoms with Gasteiger partial charge in [0, 0.05) is 56.0 Å². The Hall–Kier alpha value is -7.25. The molecule has 0 saturated heterocycles. The van der Waals surface area contributed by atoms with E-state index in [1.165, 1.54) is 20.2 Å². The summed E-state index contributed by atoms with van der Waals surface area (Å²) in [5.74, 6) is -5.79. The number of carbonyl (C=O) groups is 7. The Morgan fingerprint density at radius 3 is 1.97 bits per heavy atom. The smallest absolute Gasteiger partial charge is 0.326 e. The third-order valence-electron chi connectivity index (χ3n) is 10.0. The Morgan fingerprint density at radius 2 is 1.32 bits per heavy atom. The summed E-state index contributed by atoms with van der Waals surface area (Å²) in [5, 5.41) is 36.7. The monoisotopic (exact) mass is 870 g/mol. The van der Waals surface area contributed by atoms with Gasteiger partial charge in [-0.15, -0.1) is 0 Å². The van der Waals surface area contributed by atoms with Gasteiger partial charge in [-0.2, -0.15) is 0 Å². The number of aliphatic carboxylic acids is 1. The van der Waals surface area contributed by atoms with E-state index in [0.717, 1.165) is 16.5 Å². The fourth-order valence-electron chi connectivity index (χ4n) is 6.84. The molecule has 4 rings (SSSR count). The molecule has 0 radical (unpaired) electrons. The van der Waals surface area contributed by atoms with Crippen molar-refractivity contribution in [3.63, 3.8) is 0 Å². The number of fused-ring (bicyclic) bond motifs is 1. The zero-order chi connectivity index (χ0) is 46.1. The second kappa shape index (κ2) is 23.7. The molecule has 0 saturated carbocycles. The molecule has 13 N–H and O–H groups in total. The highest BCUT2D eigenvalue weighted by Gasteiger charge is 2.33. The lowest BCUT2D eigenvalue weighted by Crippen LogP contribution is -2.59. The van der Waals surface area contributed by atoms with Crippen LogP contribution in [0.4, 0.5) is 0 Å². The molecule has 20 nitrogen and oxygen atoms in total. The number of guanidine groups is 1. The van der Waals surface area contributed by atoms with Crippen molar-refractivity contribution in [3.05, 3.63) is 90.1 Å². The number of carboxylic acid groups (broad SMARTS) is 1. The summed E-state index contributed by atoms with van der Waals surface area (Å²) in [6.07, 6.45) is 5.13. The van der Waals surface area contributed by atoms with Gasteiger partial charge in [0.1, 0.15) is 36.3 Å². The highest BCUT2D eigenvalue weighted by Crippen LogP contribution is 2.19. The number of rotatable bonds is 24. The molecule has 338 valence electrons. The molecule has 2 aromatic carbocycles. The number of nitrogens with two attached hydrogens (primary N) is 1. The average molecular weight is 871 g/mol. The maximum absolute atomic E-state index is 13.9. The van der Waals surface area contributed by atoms with Crippen molar-refractivity contribution in [2.24, 2.45) is 11.7 Å². The number of nitrogens with one attached hydrogen (secondary N) is 10. The molecule has 2 aromatic heterocycles. The summed E-state index contributed by atoms with van der Waals surface area (Å²) in [5.41, 5.74) is 8.11. The van der Waals surface area contributed by atoms with E-state index >= 15 is 0 Å². The third-order valence-corrected chi connectivity index (χ3v) is 10.0. The van der Waals surface area contributed by atoms with E-state index in [1.807, 2.05) is 38.1 Å². The topological polar surface area (TPSA) is 318 Å². The lowest BCUT2D eigenvalue weighted by atomic mass is 10.0. The molecule has 0 aliphatic rings. The van der Waals surface area contributed by atoms with Crippen molar-refractivity contribution < 1.29 is 38.7 Å². The van der Waals surface area contributed by atoms with Crippen molar-refractivity contribution >= 4 is 58.3 Å². The van der Waals surface area contributed by atoms with E-state index in [1.54, 1.807) is 42.7 Å². The Morgan fingerprint density at radius 1 is 0.714 bits per heavy atom. The van der Waals surface area contributed by atoms with Crippen molar-refractivity contribution in [1.82, 2.24) is 52.2 Å². The molecule has 2 heterocycles. The molecule has 63 heavy (non-hydrogen) atoms. The lowest BCUT2D eigenvalue weighted by molar-refractivity contribution is -0.142. The number of carboxylic acids is 1. The summed E-state index contributed by atoms with van der Waals surface area (Å²) in [6.45, 7) is 6.52. The van der Waals surface area contributed by atoms with Crippen LogP contribution < -0.4 is 43.0 Å². The van der Waals surface area contributed by atoms with E-state index in [4.69, 9.17) is 11.1 Å². The number of nitrogens with zero attached hydrogens (tertiary/aromatic N) is 1. The van der Waals surface area contributed by atoms with Crippen LogP contribution in [0.2, 0.25) is 0 Å². The molecular weight excluding hydrogens is 813 g/mol. The van der Waals surface area contributed by atoms with Crippen LogP contribution in [-0.2, 0) is 52.8 Å². The van der Waals surface area contributed by atoms with Crippen LogP contribution in [0.5, 0.6) is 0 Å². The predicted molar refractivity (Wildman–Crippen MR) is 234 cm³/mol. The number of carbonyl (C=O) groups excluding carboxylic acids is 6. The number of aromatic nitrogens is 3. The fourth-order valence-corrected chi connectivity index (χ4v) is 6.84. The van der Waals surface area contributed by atoms with Gasteiger partial charge >= 0.3 is 5.97 Å². The van der Waals surface area contributed by atoms with Gasteiger partial charge in [0.2, 0.25) is 35.4 Å². The van der Waals surface area contributed by atoms with Crippen molar-refractivity contribution in [2.75, 3.05) is 6.54 Å². The van der Waals surface area contributed by atoms with Crippen LogP contribution in [0.15, 0.2) is 73.3 Å². The van der Waals surface area contributed by atoms with Crippen LogP contribution in [0.1, 0.15) is 63.8 Å². The van der Waals surface area contributed by atoms with Crippen LogP contribution in [-0.4, -0.2) is 110 Å². The van der Waals surface area contributed by atoms with Gasteiger partial charge in [0.15, 0.2) is 5.96 Å². The van der Waals surface area contributed by atoms with Gasteiger partial charge in [-0.1, -0.05) is 62.4 Å². The molecule has 0 aliphatic carbocycles. The Kier molecular flexibility index (Phi) is 18.2. The largest absolute Gasteiger partial charge is 0.480 e. The molecule has 0 aliphatic heterocycles. The van der Waals surface area contributed by atoms with Crippen molar-refractivity contribution in [1.29, 1.82) is 5.41 Å². The molecule has 6 amide bonds. The van der Waals surface area contributed by atoms with Crippen LogP contribution >= 0.6 is 0 Å². The quantitative estimate of drug-likeness (QED) is 0.0258. The molecule has 0 spiro atoms. The second-order valence-electron chi connectivity index (χ2n) is 15.7. The zero-order valence-corrected chi connectivity index (χ0v) is 35.7. The maximum Gasteiger partial charge on any atom is 0.326 e. The zero-order valence-electron chi connectivity index (χ0n) is 35.7. The normalized spacial score (nSPS) is 13.9. The second-order valence-corrected chi connectivity index (χ2v) is 15.7. The van der Waals surface area contributed by atoms with E-state index in [2.05, 4.69) is 52.2 Å². The summed E-state index contributed by atoms with van der Waals surface area (Å²) in [7, 11) is 0. The SMILES string of the molecule is CC(=O)N[C@@H](Cc1c[nH]c2ccccc12)C(=O)N[C@@H](Cc1c[nH]cn1)C(=O)N[C@@H](C)C(=O)N[C@@H](CC(C)C)C(=O)N[C@@H](CCCNC(=N)N)C(=O)N[C@@H](Cc1ccccc1)C(=O)O. The van der Waals surface area contributed by atoms with Crippen molar-refractivity contribution in [2.45, 2.75) is 102 Å². The summed E-state index contributed by atoms with van der Waals surface area (Å²) in [4.78, 5) is 103. The standard InChI is InChI=1S/C43H58N12O8/c1-24(2)17-33(40(60)52-32(15-10-16-47-43(44)45)38(58)55-36(42(62)63)18-27-11-6-5-7-12-27)53-37(57)25(3)50-39(59)35(20-29-22-46-23-49-29)54-41(61)34(51-26(4)56)19-28-21-48-31-14-9-8-13-30(28)31/h5-9,11-14,21-25,32-36,48H,10,15-20H2,1-4H3,(H,46,49)(H,50,59)(H,51,56)(H,52,60)(H,53,57)(H,54,61)(H,55,58)(H,62,63)(H4,44,45,47)/t25-,32-,33-,34-,35-,36-/m0/s1. The van der Waals surface area contributed by atoms with Gasteiger partial charge in [0.25, 0.3) is 0 Å². The van der Waals surface area contributed by atoms with Gasteiger partial charge in [0.05, 0.1) is 12.0 Å². The number of imidazole rings is 1. The Labute approximate surface area is 364 Å². The minimum atomic E-state index is -1.32. The first-order valence-corrected chi connectivity index (χ1v) is 20.7. The van der Waals surface area contributed by atoms with Gasteiger partial charge in [-0.3, -0.25) is 34.2 Å². The minimum Gasteiger partial charge on any atom is -0.480 e. The summed E-state index contributed by atoms with van der Waals surface area (Å²) < 4.78 is 0. The van der Waals surface area contributed by atoms with Crippen LogP contribution in [0, 0.1) is 11.3 Å². The summed E-state index contributed by atoms with van der Waals surface area (Å²) >= 11 is 0.